The zero-order valence-corrected chi connectivity index (χ0v) is 15.1. The van der Waals surface area contributed by atoms with E-state index in [1.54, 1.807) is 24.3 Å². The van der Waals surface area contributed by atoms with Gasteiger partial charge >= 0.3 is 0 Å². The Hall–Kier alpha value is -2.05. The topological polar surface area (TPSA) is 66.5 Å². The second-order valence-corrected chi connectivity index (χ2v) is 7.69. The SMILES string of the molecule is CCc1cccc(NC(=O)CN(c2cccc(Cl)c2)S(C)(=O)=O)c1. The Morgan fingerprint density at radius 2 is 1.88 bits per heavy atom. The van der Waals surface area contributed by atoms with Gasteiger partial charge in [0.15, 0.2) is 0 Å². The van der Waals surface area contributed by atoms with Crippen LogP contribution in [-0.2, 0) is 21.2 Å². The molecule has 5 nitrogen and oxygen atoms in total. The van der Waals surface area contributed by atoms with Crippen LogP contribution in [0.4, 0.5) is 11.4 Å². The molecule has 0 aliphatic carbocycles. The minimum Gasteiger partial charge on any atom is -0.325 e. The molecule has 0 heterocycles. The highest BCUT2D eigenvalue weighted by Crippen LogP contribution is 2.22. The lowest BCUT2D eigenvalue weighted by molar-refractivity contribution is -0.114. The van der Waals surface area contributed by atoms with Gasteiger partial charge in [-0.15, -0.1) is 0 Å². The number of nitrogens with zero attached hydrogens (tertiary/aromatic N) is 1. The number of hydrogen-bond acceptors (Lipinski definition) is 3. The lowest BCUT2D eigenvalue weighted by atomic mass is 10.1. The fraction of sp³-hybridized carbons (Fsp3) is 0.235. The molecule has 0 aliphatic heterocycles. The third kappa shape index (κ3) is 4.97. The molecule has 128 valence electrons. The summed E-state index contributed by atoms with van der Waals surface area (Å²) in [5, 5.41) is 3.13. The van der Waals surface area contributed by atoms with Gasteiger partial charge < -0.3 is 5.32 Å². The fourth-order valence-corrected chi connectivity index (χ4v) is 3.26. The maximum Gasteiger partial charge on any atom is 0.245 e. The molecular weight excluding hydrogens is 348 g/mol. The molecule has 2 rings (SSSR count). The number of sulfonamides is 1. The van der Waals surface area contributed by atoms with Gasteiger partial charge in [0.2, 0.25) is 15.9 Å². The first-order valence-corrected chi connectivity index (χ1v) is 9.64. The Kier molecular flexibility index (Phi) is 5.85. The second-order valence-electron chi connectivity index (χ2n) is 5.35. The van der Waals surface area contributed by atoms with Crippen LogP contribution in [0, 0.1) is 0 Å². The standard InChI is InChI=1S/C17H19ClN2O3S/c1-3-13-6-4-8-15(10-13)19-17(21)12-20(24(2,22)23)16-9-5-7-14(18)11-16/h4-11H,3,12H2,1-2H3,(H,19,21). The van der Waals surface area contributed by atoms with Gasteiger partial charge in [-0.1, -0.05) is 36.7 Å². The van der Waals surface area contributed by atoms with E-state index >= 15 is 0 Å². The molecule has 0 atom stereocenters. The molecule has 7 heteroatoms. The van der Waals surface area contributed by atoms with Crippen molar-refractivity contribution >= 4 is 38.9 Å². The van der Waals surface area contributed by atoms with Crippen LogP contribution in [0.2, 0.25) is 5.02 Å². The second kappa shape index (κ2) is 7.68. The summed E-state index contributed by atoms with van der Waals surface area (Å²) in [5.41, 5.74) is 2.07. The van der Waals surface area contributed by atoms with Gasteiger partial charge in [-0.2, -0.15) is 0 Å². The number of halogens is 1. The molecule has 0 radical (unpaired) electrons. The van der Waals surface area contributed by atoms with Gasteiger partial charge in [0.1, 0.15) is 6.54 Å². The molecule has 0 spiro atoms. The first-order chi connectivity index (χ1) is 11.3. The van der Waals surface area contributed by atoms with Crippen molar-refractivity contribution in [3.8, 4) is 0 Å². The van der Waals surface area contributed by atoms with Crippen LogP contribution < -0.4 is 9.62 Å². The summed E-state index contributed by atoms with van der Waals surface area (Å²) in [6.07, 6.45) is 1.90. The first-order valence-electron chi connectivity index (χ1n) is 7.41. The quantitative estimate of drug-likeness (QED) is 0.852. The predicted octanol–water partition coefficient (Wildman–Crippen LogP) is 3.31. The van der Waals surface area contributed by atoms with Crippen molar-refractivity contribution < 1.29 is 13.2 Å². The van der Waals surface area contributed by atoms with Crippen molar-refractivity contribution in [3.63, 3.8) is 0 Å². The average molecular weight is 367 g/mol. The third-order valence-electron chi connectivity index (χ3n) is 3.40. The van der Waals surface area contributed by atoms with Crippen molar-refractivity contribution in [2.75, 3.05) is 22.4 Å². The van der Waals surface area contributed by atoms with Gasteiger partial charge in [0.25, 0.3) is 0 Å². The number of amides is 1. The molecule has 2 aromatic rings. The van der Waals surface area contributed by atoms with E-state index in [4.69, 9.17) is 11.6 Å². The van der Waals surface area contributed by atoms with E-state index < -0.39 is 15.9 Å². The van der Waals surface area contributed by atoms with Gasteiger partial charge in [-0.3, -0.25) is 9.10 Å². The highest BCUT2D eigenvalue weighted by Gasteiger charge is 2.21. The summed E-state index contributed by atoms with van der Waals surface area (Å²) in [6, 6.07) is 13.8. The summed E-state index contributed by atoms with van der Waals surface area (Å²) in [5.74, 6) is -0.423. The number of carbonyl (C=O) groups is 1. The van der Waals surface area contributed by atoms with E-state index in [0.29, 0.717) is 16.4 Å². The largest absolute Gasteiger partial charge is 0.325 e. The Bertz CT molecular complexity index is 837. The van der Waals surface area contributed by atoms with Crippen molar-refractivity contribution in [2.24, 2.45) is 0 Å². The monoisotopic (exact) mass is 366 g/mol. The summed E-state index contributed by atoms with van der Waals surface area (Å²) in [7, 11) is -3.62. The Labute approximate surface area is 147 Å². The summed E-state index contributed by atoms with van der Waals surface area (Å²) in [4.78, 5) is 12.3. The number of rotatable bonds is 6. The Morgan fingerprint density at radius 1 is 1.17 bits per heavy atom. The van der Waals surface area contributed by atoms with Crippen LogP contribution in [0.25, 0.3) is 0 Å². The van der Waals surface area contributed by atoms with E-state index in [1.807, 2.05) is 25.1 Å². The summed E-state index contributed by atoms with van der Waals surface area (Å²) in [6.45, 7) is 1.70. The molecule has 24 heavy (non-hydrogen) atoms. The smallest absolute Gasteiger partial charge is 0.245 e. The van der Waals surface area contributed by atoms with Crippen LogP contribution >= 0.6 is 11.6 Å². The minimum absolute atomic E-state index is 0.324. The third-order valence-corrected chi connectivity index (χ3v) is 4.78. The van der Waals surface area contributed by atoms with Crippen LogP contribution in [0.5, 0.6) is 0 Å². The van der Waals surface area contributed by atoms with Gasteiger partial charge in [-0.05, 0) is 42.3 Å². The van der Waals surface area contributed by atoms with Crippen molar-refractivity contribution in [1.82, 2.24) is 0 Å². The zero-order valence-electron chi connectivity index (χ0n) is 13.5. The van der Waals surface area contributed by atoms with E-state index in [2.05, 4.69) is 5.32 Å². The molecule has 2 aromatic carbocycles. The molecule has 0 bridgehead atoms. The highest BCUT2D eigenvalue weighted by molar-refractivity contribution is 7.92. The number of carbonyl (C=O) groups excluding carboxylic acids is 1. The number of hydrogen-bond donors (Lipinski definition) is 1. The fourth-order valence-electron chi connectivity index (χ4n) is 2.23. The van der Waals surface area contributed by atoms with Crippen LogP contribution in [0.1, 0.15) is 12.5 Å². The number of aryl methyl sites for hydroxylation is 1. The molecule has 0 saturated heterocycles. The molecule has 0 unspecified atom stereocenters. The number of benzene rings is 2. The molecule has 0 fully saturated rings. The number of anilines is 2. The van der Waals surface area contributed by atoms with E-state index in [0.717, 1.165) is 22.5 Å². The molecule has 1 amide bonds. The maximum absolute atomic E-state index is 12.3. The zero-order chi connectivity index (χ0) is 17.7. The molecule has 1 N–H and O–H groups in total. The van der Waals surface area contributed by atoms with Gasteiger partial charge in [-0.25, -0.2) is 8.42 Å². The normalized spacial score (nSPS) is 11.1. The van der Waals surface area contributed by atoms with E-state index in [1.165, 1.54) is 6.07 Å². The lowest BCUT2D eigenvalue weighted by Crippen LogP contribution is -2.37. The summed E-state index contributed by atoms with van der Waals surface area (Å²) >= 11 is 5.92. The van der Waals surface area contributed by atoms with E-state index in [-0.39, 0.29) is 6.54 Å². The molecular formula is C17H19ClN2O3S. The minimum atomic E-state index is -3.62. The number of nitrogens with one attached hydrogen (secondary N) is 1. The van der Waals surface area contributed by atoms with Crippen LogP contribution in [0.15, 0.2) is 48.5 Å². The molecule has 0 aliphatic rings. The van der Waals surface area contributed by atoms with Crippen molar-refractivity contribution in [3.05, 3.63) is 59.1 Å². The van der Waals surface area contributed by atoms with Crippen LogP contribution in [0.3, 0.4) is 0 Å². The maximum atomic E-state index is 12.3. The Balaban J connectivity index is 2.19. The van der Waals surface area contributed by atoms with Gasteiger partial charge in [0.05, 0.1) is 11.9 Å². The first kappa shape index (κ1) is 18.3. The van der Waals surface area contributed by atoms with Crippen LogP contribution in [-0.4, -0.2) is 27.1 Å². The van der Waals surface area contributed by atoms with E-state index in [9.17, 15) is 13.2 Å². The summed E-state index contributed by atoms with van der Waals surface area (Å²) < 4.78 is 25.1. The molecule has 0 saturated carbocycles. The molecule has 0 aromatic heterocycles. The van der Waals surface area contributed by atoms with Crippen molar-refractivity contribution in [2.45, 2.75) is 13.3 Å². The highest BCUT2D eigenvalue weighted by atomic mass is 35.5. The van der Waals surface area contributed by atoms with Crippen molar-refractivity contribution in [1.29, 1.82) is 0 Å². The van der Waals surface area contributed by atoms with Gasteiger partial charge in [0, 0.05) is 10.7 Å². The average Bonchev–Trinajstić information content (AvgIpc) is 2.51. The predicted molar refractivity (Wildman–Crippen MR) is 98.1 cm³/mol. The lowest BCUT2D eigenvalue weighted by Gasteiger charge is -2.22. The Morgan fingerprint density at radius 3 is 2.50 bits per heavy atom.